The molecule has 0 saturated carbocycles. The van der Waals surface area contributed by atoms with Crippen LogP contribution in [0.4, 0.5) is 0 Å². The van der Waals surface area contributed by atoms with Gasteiger partial charge < -0.3 is 0 Å². The maximum absolute atomic E-state index is 5.59. The minimum atomic E-state index is -0.544. The van der Waals surface area contributed by atoms with Crippen molar-refractivity contribution in [2.45, 2.75) is 5.41 Å². The van der Waals surface area contributed by atoms with Crippen molar-refractivity contribution in [3.05, 3.63) is 210 Å². The molecule has 254 valence electrons. The van der Waals surface area contributed by atoms with Gasteiger partial charge in [-0.1, -0.05) is 182 Å². The highest BCUT2D eigenvalue weighted by molar-refractivity contribution is 6.21. The number of hydrogen-bond acceptors (Lipinski definition) is 3. The highest BCUT2D eigenvalue weighted by atomic mass is 15.0. The first-order chi connectivity index (χ1) is 27.3. The molecule has 12 rings (SSSR count). The molecule has 0 saturated heterocycles. The molecule has 1 spiro atoms. The zero-order valence-electron chi connectivity index (χ0n) is 29.7. The van der Waals surface area contributed by atoms with Crippen LogP contribution in [0.15, 0.2) is 188 Å². The van der Waals surface area contributed by atoms with Crippen molar-refractivity contribution in [3.63, 3.8) is 0 Å². The molecule has 1 heterocycles. The van der Waals surface area contributed by atoms with E-state index in [0.29, 0.717) is 17.5 Å². The summed E-state index contributed by atoms with van der Waals surface area (Å²) in [6, 6.07) is 67.8. The van der Waals surface area contributed by atoms with Crippen LogP contribution in [-0.2, 0) is 5.41 Å². The standard InChI is InChI=1S/C52H31N3/c1-2-16-33(17-3-1)49-53-50(55-51(54-49)47-37-20-7-5-18-34(37)31-35-30-29-32-15-4-6-19-36(32)46(35)47)42-25-14-24-41-40-23-10-13-28-45(40)52(48(41)42)43-26-11-8-21-38(43)39-22-9-12-27-44(39)52/h1-31H. The molecule has 2 aliphatic carbocycles. The molecule has 3 heteroatoms. The molecule has 0 aliphatic heterocycles. The lowest BCUT2D eigenvalue weighted by molar-refractivity contribution is 0.794. The first-order valence-corrected chi connectivity index (χ1v) is 18.9. The summed E-state index contributed by atoms with van der Waals surface area (Å²) in [5, 5.41) is 6.93. The van der Waals surface area contributed by atoms with Gasteiger partial charge in [-0.25, -0.2) is 15.0 Å². The molecule has 0 N–H and O–H groups in total. The molecule has 9 aromatic carbocycles. The summed E-state index contributed by atoms with van der Waals surface area (Å²) in [4.78, 5) is 16.4. The zero-order valence-corrected chi connectivity index (χ0v) is 29.7. The summed E-state index contributed by atoms with van der Waals surface area (Å²) in [7, 11) is 0. The summed E-state index contributed by atoms with van der Waals surface area (Å²) in [5.41, 5.74) is 12.5. The molecule has 2 aliphatic rings. The van der Waals surface area contributed by atoms with E-state index in [1.807, 2.05) is 6.07 Å². The molecule has 0 bridgehead atoms. The second-order valence-corrected chi connectivity index (χ2v) is 14.6. The Morgan fingerprint density at radius 1 is 0.327 bits per heavy atom. The average molecular weight is 698 g/mol. The van der Waals surface area contributed by atoms with Gasteiger partial charge in [0.1, 0.15) is 0 Å². The molecule has 0 atom stereocenters. The fourth-order valence-corrected chi connectivity index (χ4v) is 9.74. The number of aromatic nitrogens is 3. The summed E-state index contributed by atoms with van der Waals surface area (Å²) in [5.74, 6) is 1.98. The van der Waals surface area contributed by atoms with Gasteiger partial charge in [0, 0.05) is 22.1 Å². The minimum absolute atomic E-state index is 0.544. The van der Waals surface area contributed by atoms with Crippen molar-refractivity contribution >= 4 is 32.3 Å². The summed E-state index contributed by atoms with van der Waals surface area (Å²) < 4.78 is 0. The Bertz CT molecular complexity index is 3150. The van der Waals surface area contributed by atoms with Crippen molar-refractivity contribution in [2.24, 2.45) is 0 Å². The number of hydrogen-bond donors (Lipinski definition) is 0. The minimum Gasteiger partial charge on any atom is -0.208 e. The van der Waals surface area contributed by atoms with E-state index in [1.54, 1.807) is 0 Å². The predicted octanol–water partition coefficient (Wildman–Crippen LogP) is 12.7. The second-order valence-electron chi connectivity index (χ2n) is 14.6. The van der Waals surface area contributed by atoms with E-state index in [-0.39, 0.29) is 0 Å². The molecule has 0 amide bonds. The Balaban J connectivity index is 1.23. The van der Waals surface area contributed by atoms with Crippen molar-refractivity contribution in [3.8, 4) is 56.4 Å². The maximum Gasteiger partial charge on any atom is 0.165 e. The van der Waals surface area contributed by atoms with E-state index < -0.39 is 5.41 Å². The van der Waals surface area contributed by atoms with E-state index in [0.717, 1.165) is 38.2 Å². The van der Waals surface area contributed by atoms with Crippen molar-refractivity contribution in [2.75, 3.05) is 0 Å². The van der Waals surface area contributed by atoms with Gasteiger partial charge in [-0.2, -0.15) is 0 Å². The molecule has 0 fully saturated rings. The van der Waals surface area contributed by atoms with Crippen LogP contribution in [0.3, 0.4) is 0 Å². The molecule has 0 radical (unpaired) electrons. The smallest absolute Gasteiger partial charge is 0.165 e. The largest absolute Gasteiger partial charge is 0.208 e. The lowest BCUT2D eigenvalue weighted by Crippen LogP contribution is -2.26. The summed E-state index contributed by atoms with van der Waals surface area (Å²) in [6.07, 6.45) is 0. The quantitative estimate of drug-likeness (QED) is 0.136. The fraction of sp³-hybridized carbons (Fsp3) is 0.0192. The van der Waals surface area contributed by atoms with Gasteiger partial charge in [0.05, 0.1) is 5.41 Å². The van der Waals surface area contributed by atoms with Gasteiger partial charge in [0.2, 0.25) is 0 Å². The first kappa shape index (κ1) is 30.3. The van der Waals surface area contributed by atoms with Gasteiger partial charge >= 0.3 is 0 Å². The van der Waals surface area contributed by atoms with Crippen molar-refractivity contribution in [1.29, 1.82) is 0 Å². The van der Waals surface area contributed by atoms with Gasteiger partial charge in [0.15, 0.2) is 17.5 Å². The Morgan fingerprint density at radius 2 is 0.836 bits per heavy atom. The zero-order chi connectivity index (χ0) is 36.1. The van der Waals surface area contributed by atoms with Crippen LogP contribution in [-0.4, -0.2) is 15.0 Å². The van der Waals surface area contributed by atoms with E-state index in [9.17, 15) is 0 Å². The van der Waals surface area contributed by atoms with Gasteiger partial charge in [-0.15, -0.1) is 0 Å². The highest BCUT2D eigenvalue weighted by Gasteiger charge is 2.52. The molecule has 3 nitrogen and oxygen atoms in total. The molecule has 0 unspecified atom stereocenters. The van der Waals surface area contributed by atoms with E-state index >= 15 is 0 Å². The molecule has 55 heavy (non-hydrogen) atoms. The topological polar surface area (TPSA) is 38.7 Å². The Hall–Kier alpha value is -7.23. The van der Waals surface area contributed by atoms with Crippen LogP contribution in [0.1, 0.15) is 22.3 Å². The van der Waals surface area contributed by atoms with Crippen LogP contribution in [0.5, 0.6) is 0 Å². The van der Waals surface area contributed by atoms with Crippen LogP contribution in [0.2, 0.25) is 0 Å². The number of rotatable bonds is 3. The molecular formula is C52H31N3. The van der Waals surface area contributed by atoms with Crippen LogP contribution in [0, 0.1) is 0 Å². The number of fused-ring (bicyclic) bond motifs is 14. The molecule has 10 aromatic rings. The van der Waals surface area contributed by atoms with Gasteiger partial charge in [-0.05, 0) is 77.5 Å². The van der Waals surface area contributed by atoms with E-state index in [2.05, 4.69) is 182 Å². The van der Waals surface area contributed by atoms with E-state index in [1.165, 1.54) is 55.3 Å². The van der Waals surface area contributed by atoms with Crippen LogP contribution >= 0.6 is 0 Å². The third-order valence-electron chi connectivity index (χ3n) is 11.9. The second kappa shape index (κ2) is 11.4. The Labute approximate surface area is 318 Å². The maximum atomic E-state index is 5.59. The van der Waals surface area contributed by atoms with Crippen LogP contribution in [0.25, 0.3) is 88.7 Å². The Kier molecular flexibility index (Phi) is 6.26. The fourth-order valence-electron chi connectivity index (χ4n) is 9.74. The van der Waals surface area contributed by atoms with E-state index in [4.69, 9.17) is 15.0 Å². The summed E-state index contributed by atoms with van der Waals surface area (Å²) in [6.45, 7) is 0. The first-order valence-electron chi connectivity index (χ1n) is 18.9. The Morgan fingerprint density at radius 3 is 1.56 bits per heavy atom. The van der Waals surface area contributed by atoms with Gasteiger partial charge in [-0.3, -0.25) is 0 Å². The van der Waals surface area contributed by atoms with Crippen molar-refractivity contribution in [1.82, 2.24) is 15.0 Å². The highest BCUT2D eigenvalue weighted by Crippen LogP contribution is 2.64. The SMILES string of the molecule is c1ccc(-c2nc(-c3cccc4c3C3(c5ccccc5-c5ccccc53)c3ccccc3-4)nc(-c3c4ccccc4cc4ccc5ccccc5c34)n2)cc1. The third kappa shape index (κ3) is 4.12. The summed E-state index contributed by atoms with van der Waals surface area (Å²) >= 11 is 0. The monoisotopic (exact) mass is 697 g/mol. The average Bonchev–Trinajstić information content (AvgIpc) is 3.73. The lowest BCUT2D eigenvalue weighted by Gasteiger charge is -2.31. The predicted molar refractivity (Wildman–Crippen MR) is 225 cm³/mol. The number of nitrogens with zero attached hydrogens (tertiary/aromatic N) is 3. The molecular weight excluding hydrogens is 667 g/mol. The molecule has 1 aromatic heterocycles. The normalized spacial score (nSPS) is 13.2. The van der Waals surface area contributed by atoms with Crippen LogP contribution < -0.4 is 0 Å². The lowest BCUT2D eigenvalue weighted by atomic mass is 9.69. The third-order valence-corrected chi connectivity index (χ3v) is 11.9. The number of benzene rings is 9. The van der Waals surface area contributed by atoms with Gasteiger partial charge in [0.25, 0.3) is 0 Å². The van der Waals surface area contributed by atoms with Crippen molar-refractivity contribution < 1.29 is 0 Å².